The maximum absolute atomic E-state index is 12.5. The van der Waals surface area contributed by atoms with E-state index in [9.17, 15) is 9.59 Å². The van der Waals surface area contributed by atoms with Gasteiger partial charge in [0.25, 0.3) is 0 Å². The molecule has 1 aliphatic carbocycles. The average Bonchev–Trinajstić information content (AvgIpc) is 3.42. The van der Waals surface area contributed by atoms with Gasteiger partial charge in [-0.15, -0.1) is 0 Å². The number of nitrogens with zero attached hydrogens (tertiary/aromatic N) is 2. The summed E-state index contributed by atoms with van der Waals surface area (Å²) in [4.78, 5) is 26.9. The SMILES string of the molecule is C[C@H]1[C@H](N2C[C@H](C(=O)OCc3cc(-c4ccco4)on3)CC2=O)CCC[C@@H]1C. The molecule has 0 unspecified atom stereocenters. The van der Waals surface area contributed by atoms with Crippen LogP contribution in [0, 0.1) is 17.8 Å². The molecule has 0 N–H and O–H groups in total. The van der Waals surface area contributed by atoms with Gasteiger partial charge in [0.2, 0.25) is 11.7 Å². The van der Waals surface area contributed by atoms with Gasteiger partial charge in [-0.05, 0) is 30.4 Å². The fraction of sp³-hybridized carbons (Fsp3) is 0.571. The molecule has 2 aromatic rings. The Labute approximate surface area is 164 Å². The summed E-state index contributed by atoms with van der Waals surface area (Å²) in [6, 6.07) is 5.44. The van der Waals surface area contributed by atoms with Gasteiger partial charge in [-0.1, -0.05) is 31.8 Å². The fourth-order valence-electron chi connectivity index (χ4n) is 4.38. The number of ether oxygens (including phenoxy) is 1. The van der Waals surface area contributed by atoms with E-state index in [2.05, 4.69) is 19.0 Å². The number of amides is 1. The summed E-state index contributed by atoms with van der Waals surface area (Å²) in [5, 5.41) is 3.90. The highest BCUT2D eigenvalue weighted by Crippen LogP contribution is 2.36. The summed E-state index contributed by atoms with van der Waals surface area (Å²) >= 11 is 0. The second-order valence-electron chi connectivity index (χ2n) is 8.05. The molecule has 3 heterocycles. The molecule has 0 spiro atoms. The minimum Gasteiger partial charge on any atom is -0.461 e. The number of carbonyl (C=O) groups excluding carboxylic acids is 2. The summed E-state index contributed by atoms with van der Waals surface area (Å²) in [6.45, 7) is 4.94. The van der Waals surface area contributed by atoms with Crippen LogP contribution in [0.5, 0.6) is 0 Å². The molecule has 1 aliphatic heterocycles. The van der Waals surface area contributed by atoms with E-state index in [0.717, 1.165) is 12.8 Å². The maximum Gasteiger partial charge on any atom is 0.311 e. The first-order valence-electron chi connectivity index (χ1n) is 9.98. The zero-order valence-corrected chi connectivity index (χ0v) is 16.3. The Bertz CT molecular complexity index is 828. The van der Waals surface area contributed by atoms with Crippen LogP contribution in [0.15, 0.2) is 33.4 Å². The number of hydrogen-bond acceptors (Lipinski definition) is 6. The summed E-state index contributed by atoms with van der Waals surface area (Å²) < 4.78 is 15.9. The number of hydrogen-bond donors (Lipinski definition) is 0. The van der Waals surface area contributed by atoms with Crippen LogP contribution in [-0.4, -0.2) is 34.5 Å². The standard InChI is InChI=1S/C21H26N2O5/c1-13-5-3-6-17(14(13)2)23-11-15(9-20(23)24)21(25)27-12-16-10-19(28-22-16)18-7-4-8-26-18/h4,7-8,10,13-15,17H,3,5-6,9,11-12H2,1-2H3/t13-,14+,15+,17+/m0/s1. The molecule has 150 valence electrons. The summed E-state index contributed by atoms with van der Waals surface area (Å²) in [6.07, 6.45) is 5.15. The van der Waals surface area contributed by atoms with Crippen LogP contribution >= 0.6 is 0 Å². The molecule has 0 bridgehead atoms. The zero-order chi connectivity index (χ0) is 19.7. The van der Waals surface area contributed by atoms with E-state index < -0.39 is 5.92 Å². The molecule has 4 atom stereocenters. The van der Waals surface area contributed by atoms with E-state index in [0.29, 0.717) is 35.6 Å². The highest BCUT2D eigenvalue weighted by atomic mass is 16.5. The van der Waals surface area contributed by atoms with E-state index in [1.54, 1.807) is 24.5 Å². The monoisotopic (exact) mass is 386 g/mol. The molecular formula is C21H26N2O5. The number of aromatic nitrogens is 1. The van der Waals surface area contributed by atoms with E-state index in [1.165, 1.54) is 6.42 Å². The highest BCUT2D eigenvalue weighted by Gasteiger charge is 2.42. The fourth-order valence-corrected chi connectivity index (χ4v) is 4.38. The van der Waals surface area contributed by atoms with Crippen molar-refractivity contribution in [3.8, 4) is 11.5 Å². The lowest BCUT2D eigenvalue weighted by molar-refractivity contribution is -0.149. The minimum absolute atomic E-state index is 0.0185. The predicted octanol–water partition coefficient (Wildman–Crippen LogP) is 3.65. The van der Waals surface area contributed by atoms with Crippen molar-refractivity contribution >= 4 is 11.9 Å². The number of likely N-dealkylation sites (tertiary alicyclic amines) is 1. The Kier molecular flexibility index (Phi) is 5.24. The van der Waals surface area contributed by atoms with Crippen molar-refractivity contribution in [1.29, 1.82) is 0 Å². The van der Waals surface area contributed by atoms with Crippen molar-refractivity contribution in [3.63, 3.8) is 0 Å². The van der Waals surface area contributed by atoms with Gasteiger partial charge in [0.15, 0.2) is 5.76 Å². The van der Waals surface area contributed by atoms with Crippen molar-refractivity contribution in [2.75, 3.05) is 6.54 Å². The molecule has 4 rings (SSSR count). The Morgan fingerprint density at radius 2 is 2.18 bits per heavy atom. The third kappa shape index (κ3) is 3.70. The molecule has 2 aromatic heterocycles. The summed E-state index contributed by atoms with van der Waals surface area (Å²) in [7, 11) is 0. The largest absolute Gasteiger partial charge is 0.461 e. The van der Waals surface area contributed by atoms with E-state index in [4.69, 9.17) is 13.7 Å². The number of rotatable bonds is 5. The van der Waals surface area contributed by atoms with Gasteiger partial charge in [0.05, 0.1) is 12.2 Å². The zero-order valence-electron chi connectivity index (χ0n) is 16.3. The smallest absolute Gasteiger partial charge is 0.311 e. The Hall–Kier alpha value is -2.57. The van der Waals surface area contributed by atoms with E-state index in [-0.39, 0.29) is 30.9 Å². The molecule has 1 saturated heterocycles. The molecule has 28 heavy (non-hydrogen) atoms. The lowest BCUT2D eigenvalue weighted by atomic mass is 9.77. The second kappa shape index (κ2) is 7.81. The molecule has 2 aliphatic rings. The second-order valence-corrected chi connectivity index (χ2v) is 8.05. The van der Waals surface area contributed by atoms with Gasteiger partial charge in [-0.25, -0.2) is 0 Å². The van der Waals surface area contributed by atoms with Gasteiger partial charge >= 0.3 is 5.97 Å². The van der Waals surface area contributed by atoms with Gasteiger partial charge in [-0.2, -0.15) is 0 Å². The number of furan rings is 1. The summed E-state index contributed by atoms with van der Waals surface area (Å²) in [5.74, 6) is 1.42. The first-order valence-corrected chi connectivity index (χ1v) is 9.98. The van der Waals surface area contributed by atoms with Crippen LogP contribution in [0.3, 0.4) is 0 Å². The van der Waals surface area contributed by atoms with Gasteiger partial charge in [-0.3, -0.25) is 9.59 Å². The molecule has 7 nitrogen and oxygen atoms in total. The van der Waals surface area contributed by atoms with Crippen LogP contribution in [0.25, 0.3) is 11.5 Å². The van der Waals surface area contributed by atoms with E-state index >= 15 is 0 Å². The molecular weight excluding hydrogens is 360 g/mol. The van der Waals surface area contributed by atoms with Crippen LogP contribution in [-0.2, 0) is 20.9 Å². The van der Waals surface area contributed by atoms with Crippen LogP contribution in [0.1, 0.15) is 45.2 Å². The van der Waals surface area contributed by atoms with Crippen molar-refractivity contribution in [3.05, 3.63) is 30.2 Å². The number of esters is 1. The lowest BCUT2D eigenvalue weighted by Crippen LogP contribution is -2.45. The minimum atomic E-state index is -0.409. The third-order valence-electron chi connectivity index (χ3n) is 6.24. The Morgan fingerprint density at radius 3 is 2.96 bits per heavy atom. The molecule has 1 amide bonds. The Balaban J connectivity index is 1.32. The summed E-state index contributed by atoms with van der Waals surface area (Å²) in [5.41, 5.74) is 0.510. The lowest BCUT2D eigenvalue weighted by Gasteiger charge is -2.39. The predicted molar refractivity (Wildman–Crippen MR) is 99.8 cm³/mol. The molecule has 1 saturated carbocycles. The molecule has 7 heteroatoms. The van der Waals surface area contributed by atoms with Gasteiger partial charge in [0.1, 0.15) is 12.3 Å². The molecule has 0 radical (unpaired) electrons. The first-order chi connectivity index (χ1) is 13.5. The van der Waals surface area contributed by atoms with Crippen molar-refractivity contribution < 1.29 is 23.3 Å². The van der Waals surface area contributed by atoms with Crippen LogP contribution in [0.4, 0.5) is 0 Å². The van der Waals surface area contributed by atoms with Crippen LogP contribution < -0.4 is 0 Å². The molecule has 0 aromatic carbocycles. The van der Waals surface area contributed by atoms with Gasteiger partial charge < -0.3 is 18.6 Å². The normalized spacial score (nSPS) is 27.9. The average molecular weight is 386 g/mol. The van der Waals surface area contributed by atoms with Crippen molar-refractivity contribution in [2.24, 2.45) is 17.8 Å². The van der Waals surface area contributed by atoms with E-state index in [1.807, 2.05) is 4.90 Å². The quantitative estimate of drug-likeness (QED) is 0.729. The Morgan fingerprint density at radius 1 is 1.32 bits per heavy atom. The van der Waals surface area contributed by atoms with Crippen LogP contribution in [0.2, 0.25) is 0 Å². The topological polar surface area (TPSA) is 85.8 Å². The third-order valence-corrected chi connectivity index (χ3v) is 6.24. The first kappa shape index (κ1) is 18.8. The number of carbonyl (C=O) groups is 2. The maximum atomic E-state index is 12.5. The van der Waals surface area contributed by atoms with Gasteiger partial charge in [0, 0.05) is 25.1 Å². The highest BCUT2D eigenvalue weighted by molar-refractivity contribution is 5.87. The van der Waals surface area contributed by atoms with Crippen molar-refractivity contribution in [2.45, 2.75) is 52.2 Å². The van der Waals surface area contributed by atoms with Crippen molar-refractivity contribution in [1.82, 2.24) is 10.1 Å². The molecule has 2 fully saturated rings.